The van der Waals surface area contributed by atoms with Crippen LogP contribution < -0.4 is 5.73 Å². The van der Waals surface area contributed by atoms with Crippen LogP contribution in [0.15, 0.2) is 30.5 Å². The number of rotatable bonds is 5. The van der Waals surface area contributed by atoms with Gasteiger partial charge < -0.3 is 10.8 Å². The monoisotopic (exact) mass is 329 g/mol. The molecule has 1 aliphatic heterocycles. The number of carbonyl (C=O) groups excluding carboxylic acids is 1. The number of aromatic nitrogens is 3. The molecular weight excluding hydrogens is 306 g/mol. The van der Waals surface area contributed by atoms with Gasteiger partial charge in [0.1, 0.15) is 11.3 Å². The SMILES string of the molecule is CC(C)n1cc(C2(O)CCN(Cc3cccc(C(N)=O)c3)C2)nn1. The zero-order chi connectivity index (χ0) is 17.3. The van der Waals surface area contributed by atoms with Crippen LogP contribution in [0.5, 0.6) is 0 Å². The Balaban J connectivity index is 1.70. The van der Waals surface area contributed by atoms with Gasteiger partial charge in [-0.2, -0.15) is 0 Å². The lowest BCUT2D eigenvalue weighted by atomic mass is 10.00. The largest absolute Gasteiger partial charge is 0.382 e. The molecule has 1 saturated heterocycles. The van der Waals surface area contributed by atoms with Gasteiger partial charge in [0.2, 0.25) is 5.91 Å². The number of primary amides is 1. The van der Waals surface area contributed by atoms with Crippen LogP contribution in [0.2, 0.25) is 0 Å². The van der Waals surface area contributed by atoms with E-state index in [1.165, 1.54) is 0 Å². The molecule has 1 atom stereocenters. The van der Waals surface area contributed by atoms with Gasteiger partial charge in [-0.05, 0) is 38.0 Å². The molecule has 128 valence electrons. The smallest absolute Gasteiger partial charge is 0.248 e. The van der Waals surface area contributed by atoms with Crippen molar-refractivity contribution in [3.05, 3.63) is 47.3 Å². The first kappa shape index (κ1) is 16.6. The molecule has 1 aromatic heterocycles. The van der Waals surface area contributed by atoms with Crippen LogP contribution in [-0.4, -0.2) is 44.0 Å². The predicted molar refractivity (Wildman–Crippen MR) is 89.2 cm³/mol. The second-order valence-electron chi connectivity index (χ2n) is 6.73. The molecule has 0 aliphatic carbocycles. The molecule has 0 spiro atoms. The van der Waals surface area contributed by atoms with Crippen molar-refractivity contribution in [1.29, 1.82) is 0 Å². The third-order valence-electron chi connectivity index (χ3n) is 4.46. The van der Waals surface area contributed by atoms with Crippen molar-refractivity contribution in [2.45, 2.75) is 38.5 Å². The summed E-state index contributed by atoms with van der Waals surface area (Å²) in [6.07, 6.45) is 2.43. The average molecular weight is 329 g/mol. The summed E-state index contributed by atoms with van der Waals surface area (Å²) in [5.41, 5.74) is 6.47. The number of nitrogens with two attached hydrogens (primary N) is 1. The highest BCUT2D eigenvalue weighted by Crippen LogP contribution is 2.31. The molecule has 7 nitrogen and oxygen atoms in total. The van der Waals surface area contributed by atoms with Crippen molar-refractivity contribution in [2.24, 2.45) is 5.73 Å². The highest BCUT2D eigenvalue weighted by Gasteiger charge is 2.40. The minimum atomic E-state index is -0.978. The number of likely N-dealkylation sites (tertiary alicyclic amines) is 1. The van der Waals surface area contributed by atoms with Gasteiger partial charge in [0.15, 0.2) is 0 Å². The molecule has 1 aromatic carbocycles. The lowest BCUT2D eigenvalue weighted by molar-refractivity contribution is 0.0408. The number of hydrogen-bond acceptors (Lipinski definition) is 5. The molecular formula is C17H23N5O2. The van der Waals surface area contributed by atoms with Gasteiger partial charge in [0.25, 0.3) is 0 Å². The van der Waals surface area contributed by atoms with Gasteiger partial charge in [-0.15, -0.1) is 5.10 Å². The van der Waals surface area contributed by atoms with E-state index in [4.69, 9.17) is 5.73 Å². The number of aliphatic hydroxyl groups is 1. The highest BCUT2D eigenvalue weighted by molar-refractivity contribution is 5.92. The Kier molecular flexibility index (Phi) is 4.38. The zero-order valence-electron chi connectivity index (χ0n) is 14.0. The van der Waals surface area contributed by atoms with E-state index in [0.717, 1.165) is 12.1 Å². The molecule has 24 heavy (non-hydrogen) atoms. The van der Waals surface area contributed by atoms with Crippen LogP contribution in [0, 0.1) is 0 Å². The van der Waals surface area contributed by atoms with E-state index in [-0.39, 0.29) is 6.04 Å². The Hall–Kier alpha value is -2.25. The molecule has 1 unspecified atom stereocenters. The number of hydrogen-bond donors (Lipinski definition) is 2. The normalized spacial score (nSPS) is 21.5. The van der Waals surface area contributed by atoms with E-state index < -0.39 is 11.5 Å². The summed E-state index contributed by atoms with van der Waals surface area (Å²) in [5, 5.41) is 19.1. The number of nitrogens with zero attached hydrogens (tertiary/aromatic N) is 4. The average Bonchev–Trinajstić information content (AvgIpc) is 3.16. The Morgan fingerprint density at radius 3 is 2.92 bits per heavy atom. The summed E-state index contributed by atoms with van der Waals surface area (Å²) in [5.74, 6) is -0.430. The van der Waals surface area contributed by atoms with Crippen molar-refractivity contribution in [3.63, 3.8) is 0 Å². The van der Waals surface area contributed by atoms with Gasteiger partial charge in [-0.3, -0.25) is 9.69 Å². The lowest BCUT2D eigenvalue weighted by Crippen LogP contribution is -2.31. The van der Waals surface area contributed by atoms with E-state index in [1.54, 1.807) is 16.8 Å². The lowest BCUT2D eigenvalue weighted by Gasteiger charge is -2.21. The maximum atomic E-state index is 11.3. The Bertz CT molecular complexity index is 742. The number of benzene rings is 1. The molecule has 0 radical (unpaired) electrons. The first-order chi connectivity index (χ1) is 11.4. The molecule has 3 rings (SSSR count). The molecule has 3 N–H and O–H groups in total. The van der Waals surface area contributed by atoms with Gasteiger partial charge >= 0.3 is 0 Å². The van der Waals surface area contributed by atoms with Crippen LogP contribution in [0.4, 0.5) is 0 Å². The first-order valence-electron chi connectivity index (χ1n) is 8.13. The van der Waals surface area contributed by atoms with E-state index in [1.807, 2.05) is 32.2 Å². The van der Waals surface area contributed by atoms with Crippen molar-refractivity contribution in [3.8, 4) is 0 Å². The van der Waals surface area contributed by atoms with Crippen LogP contribution in [-0.2, 0) is 12.1 Å². The number of amides is 1. The van der Waals surface area contributed by atoms with Gasteiger partial charge in [0.05, 0.1) is 6.20 Å². The maximum absolute atomic E-state index is 11.3. The van der Waals surface area contributed by atoms with Gasteiger partial charge in [-0.25, -0.2) is 4.68 Å². The quantitative estimate of drug-likeness (QED) is 0.854. The van der Waals surface area contributed by atoms with Crippen LogP contribution in [0.1, 0.15) is 47.9 Å². The van der Waals surface area contributed by atoms with E-state index >= 15 is 0 Å². The van der Waals surface area contributed by atoms with Crippen LogP contribution in [0.3, 0.4) is 0 Å². The number of β-amino-alcohol motifs (C(OH)–C–C–N with tert-alkyl or cyclic N) is 1. The fraction of sp³-hybridized carbons (Fsp3) is 0.471. The highest BCUT2D eigenvalue weighted by atomic mass is 16.3. The minimum absolute atomic E-state index is 0.212. The maximum Gasteiger partial charge on any atom is 0.248 e. The van der Waals surface area contributed by atoms with E-state index in [9.17, 15) is 9.90 Å². The molecule has 1 amide bonds. The summed E-state index contributed by atoms with van der Waals surface area (Å²) < 4.78 is 1.76. The minimum Gasteiger partial charge on any atom is -0.382 e. The summed E-state index contributed by atoms with van der Waals surface area (Å²) in [6.45, 7) is 5.95. The molecule has 1 fully saturated rings. The summed E-state index contributed by atoms with van der Waals surface area (Å²) in [6, 6.07) is 7.50. The molecule has 2 heterocycles. The molecule has 1 aliphatic rings. The Labute approximate surface area is 141 Å². The predicted octanol–water partition coefficient (Wildman–Crippen LogP) is 1.05. The summed E-state index contributed by atoms with van der Waals surface area (Å²) in [4.78, 5) is 13.4. The first-order valence-corrected chi connectivity index (χ1v) is 8.13. The summed E-state index contributed by atoms with van der Waals surface area (Å²) in [7, 11) is 0. The van der Waals surface area contributed by atoms with Crippen molar-refractivity contribution in [2.75, 3.05) is 13.1 Å². The Morgan fingerprint density at radius 1 is 1.46 bits per heavy atom. The third kappa shape index (κ3) is 3.32. The molecule has 7 heteroatoms. The van der Waals surface area contributed by atoms with Crippen LogP contribution in [0.25, 0.3) is 0 Å². The van der Waals surface area contributed by atoms with Crippen molar-refractivity contribution < 1.29 is 9.90 Å². The fourth-order valence-electron chi connectivity index (χ4n) is 3.04. The van der Waals surface area contributed by atoms with Crippen molar-refractivity contribution in [1.82, 2.24) is 19.9 Å². The molecule has 0 bridgehead atoms. The van der Waals surface area contributed by atoms with E-state index in [0.29, 0.717) is 30.8 Å². The molecule has 0 saturated carbocycles. The Morgan fingerprint density at radius 2 is 2.25 bits per heavy atom. The van der Waals surface area contributed by atoms with Crippen LogP contribution >= 0.6 is 0 Å². The third-order valence-corrected chi connectivity index (χ3v) is 4.46. The van der Waals surface area contributed by atoms with Gasteiger partial charge in [-0.1, -0.05) is 17.3 Å². The number of carbonyl (C=O) groups is 1. The summed E-state index contributed by atoms with van der Waals surface area (Å²) >= 11 is 0. The second-order valence-corrected chi connectivity index (χ2v) is 6.73. The van der Waals surface area contributed by atoms with Gasteiger partial charge in [0, 0.05) is 31.2 Å². The van der Waals surface area contributed by atoms with Crippen molar-refractivity contribution >= 4 is 5.91 Å². The standard InChI is InChI=1S/C17H23N5O2/c1-12(2)22-10-15(19-20-22)17(24)6-7-21(11-17)9-13-4-3-5-14(8-13)16(18)23/h3-5,8,10,12,24H,6-7,9,11H2,1-2H3,(H2,18,23). The fourth-order valence-corrected chi connectivity index (χ4v) is 3.04. The second kappa shape index (κ2) is 6.33. The molecule has 2 aromatic rings. The zero-order valence-corrected chi connectivity index (χ0v) is 14.0. The van der Waals surface area contributed by atoms with E-state index in [2.05, 4.69) is 15.2 Å². The topological polar surface area (TPSA) is 97.3 Å².